The second kappa shape index (κ2) is 7.00. The molecule has 1 aromatic carbocycles. The Bertz CT molecular complexity index is 597. The highest BCUT2D eigenvalue weighted by Gasteiger charge is 2.19. The van der Waals surface area contributed by atoms with Gasteiger partial charge < -0.3 is 20.7 Å². The Hall–Kier alpha value is -2.08. The molecule has 3 rings (SSSR count). The predicted molar refractivity (Wildman–Crippen MR) is 87.3 cm³/mol. The van der Waals surface area contributed by atoms with Crippen molar-refractivity contribution in [1.82, 2.24) is 10.6 Å². The summed E-state index contributed by atoms with van der Waals surface area (Å²) < 4.78 is 5.30. The van der Waals surface area contributed by atoms with Crippen molar-refractivity contribution in [1.29, 1.82) is 0 Å². The summed E-state index contributed by atoms with van der Waals surface area (Å²) in [6.07, 6.45) is 2.27. The standard InChI is InChI=1S/C17H23N3O3/c1-11(19-17(22)18-9-12-6-7-23-10-12)13-2-4-15-14(8-13)3-5-16(21)20-15/h2,4,8,11-12H,3,5-7,9-10H2,1H3,(H,20,21)(H2,18,19,22)/t11-,12+/m1/s1. The van der Waals surface area contributed by atoms with Crippen LogP contribution in [0.2, 0.25) is 0 Å². The fourth-order valence-corrected chi connectivity index (χ4v) is 2.99. The highest BCUT2D eigenvalue weighted by Crippen LogP contribution is 2.26. The van der Waals surface area contributed by atoms with E-state index in [4.69, 9.17) is 4.74 Å². The number of ether oxygens (including phenoxy) is 1. The molecule has 0 spiro atoms. The van der Waals surface area contributed by atoms with E-state index in [9.17, 15) is 9.59 Å². The molecule has 6 heteroatoms. The molecule has 0 saturated carbocycles. The number of amides is 3. The van der Waals surface area contributed by atoms with Gasteiger partial charge in [0.2, 0.25) is 5.91 Å². The summed E-state index contributed by atoms with van der Waals surface area (Å²) in [6, 6.07) is 5.67. The van der Waals surface area contributed by atoms with Crippen molar-refractivity contribution < 1.29 is 14.3 Å². The molecule has 3 N–H and O–H groups in total. The van der Waals surface area contributed by atoms with Gasteiger partial charge in [0.15, 0.2) is 0 Å². The third kappa shape index (κ3) is 4.01. The zero-order valence-electron chi connectivity index (χ0n) is 13.4. The molecule has 1 saturated heterocycles. The first-order valence-corrected chi connectivity index (χ1v) is 8.16. The topological polar surface area (TPSA) is 79.5 Å². The Morgan fingerprint density at radius 2 is 2.30 bits per heavy atom. The maximum absolute atomic E-state index is 12.0. The fourth-order valence-electron chi connectivity index (χ4n) is 2.99. The minimum absolute atomic E-state index is 0.0618. The molecular formula is C17H23N3O3. The molecule has 2 heterocycles. The van der Waals surface area contributed by atoms with Crippen LogP contribution in [0.3, 0.4) is 0 Å². The van der Waals surface area contributed by atoms with E-state index in [0.717, 1.165) is 42.9 Å². The molecule has 0 unspecified atom stereocenters. The molecule has 0 aliphatic carbocycles. The van der Waals surface area contributed by atoms with Gasteiger partial charge in [0, 0.05) is 31.2 Å². The van der Waals surface area contributed by atoms with Crippen LogP contribution >= 0.6 is 0 Å². The van der Waals surface area contributed by atoms with Crippen LogP contribution in [0.4, 0.5) is 10.5 Å². The van der Waals surface area contributed by atoms with E-state index in [-0.39, 0.29) is 18.0 Å². The van der Waals surface area contributed by atoms with Gasteiger partial charge in [-0.3, -0.25) is 4.79 Å². The van der Waals surface area contributed by atoms with E-state index in [1.165, 1.54) is 0 Å². The molecule has 1 aromatic rings. The smallest absolute Gasteiger partial charge is 0.315 e. The second-order valence-electron chi connectivity index (χ2n) is 6.27. The largest absolute Gasteiger partial charge is 0.381 e. The number of hydrogen-bond acceptors (Lipinski definition) is 3. The molecule has 0 bridgehead atoms. The van der Waals surface area contributed by atoms with Gasteiger partial charge in [-0.25, -0.2) is 4.79 Å². The van der Waals surface area contributed by atoms with Crippen LogP contribution in [0.1, 0.15) is 36.9 Å². The summed E-state index contributed by atoms with van der Waals surface area (Å²) in [5.74, 6) is 0.482. The lowest BCUT2D eigenvalue weighted by molar-refractivity contribution is -0.116. The van der Waals surface area contributed by atoms with Crippen molar-refractivity contribution in [2.45, 2.75) is 32.2 Å². The van der Waals surface area contributed by atoms with E-state index in [1.54, 1.807) is 0 Å². The summed E-state index contributed by atoms with van der Waals surface area (Å²) in [7, 11) is 0. The lowest BCUT2D eigenvalue weighted by Gasteiger charge is -2.21. The van der Waals surface area contributed by atoms with Crippen LogP contribution in [0, 0.1) is 5.92 Å². The number of hydrogen-bond donors (Lipinski definition) is 3. The average molecular weight is 317 g/mol. The van der Waals surface area contributed by atoms with Crippen molar-refractivity contribution in [3.05, 3.63) is 29.3 Å². The van der Waals surface area contributed by atoms with Crippen molar-refractivity contribution >= 4 is 17.6 Å². The normalized spacial score (nSPS) is 21.3. The Balaban J connectivity index is 1.54. The Labute approximate surface area is 136 Å². The minimum atomic E-state index is -0.157. The van der Waals surface area contributed by atoms with E-state index < -0.39 is 0 Å². The van der Waals surface area contributed by atoms with Crippen LogP contribution in [0.15, 0.2) is 18.2 Å². The molecule has 6 nitrogen and oxygen atoms in total. The van der Waals surface area contributed by atoms with E-state index >= 15 is 0 Å². The van der Waals surface area contributed by atoms with Crippen molar-refractivity contribution in [2.24, 2.45) is 5.92 Å². The number of anilines is 1. The van der Waals surface area contributed by atoms with Gasteiger partial charge in [-0.2, -0.15) is 0 Å². The highest BCUT2D eigenvalue weighted by atomic mass is 16.5. The molecule has 2 aliphatic heterocycles. The number of nitrogens with one attached hydrogen (secondary N) is 3. The van der Waals surface area contributed by atoms with Crippen LogP contribution < -0.4 is 16.0 Å². The van der Waals surface area contributed by atoms with Gasteiger partial charge in [0.25, 0.3) is 0 Å². The van der Waals surface area contributed by atoms with Crippen molar-refractivity contribution in [3.8, 4) is 0 Å². The number of carbonyl (C=O) groups is 2. The third-order valence-corrected chi connectivity index (χ3v) is 4.45. The molecule has 1 fully saturated rings. The fraction of sp³-hybridized carbons (Fsp3) is 0.529. The lowest BCUT2D eigenvalue weighted by atomic mass is 9.98. The van der Waals surface area contributed by atoms with E-state index in [2.05, 4.69) is 22.0 Å². The average Bonchev–Trinajstić information content (AvgIpc) is 3.05. The molecule has 3 amide bonds. The molecule has 2 aliphatic rings. The number of rotatable bonds is 4. The number of aryl methyl sites for hydroxylation is 1. The van der Waals surface area contributed by atoms with Gasteiger partial charge in [0.1, 0.15) is 0 Å². The Morgan fingerprint density at radius 3 is 3.09 bits per heavy atom. The van der Waals surface area contributed by atoms with E-state index in [0.29, 0.717) is 18.9 Å². The highest BCUT2D eigenvalue weighted by molar-refractivity contribution is 5.93. The van der Waals surface area contributed by atoms with Crippen LogP contribution in [-0.4, -0.2) is 31.7 Å². The van der Waals surface area contributed by atoms with Gasteiger partial charge in [-0.15, -0.1) is 0 Å². The van der Waals surface area contributed by atoms with E-state index in [1.807, 2.05) is 19.1 Å². The van der Waals surface area contributed by atoms with Gasteiger partial charge in [-0.05, 0) is 37.0 Å². The second-order valence-corrected chi connectivity index (χ2v) is 6.27. The van der Waals surface area contributed by atoms with Crippen LogP contribution in [0.5, 0.6) is 0 Å². The third-order valence-electron chi connectivity index (χ3n) is 4.45. The number of fused-ring (bicyclic) bond motifs is 1. The monoisotopic (exact) mass is 317 g/mol. The summed E-state index contributed by atoms with van der Waals surface area (Å²) in [4.78, 5) is 23.4. The van der Waals surface area contributed by atoms with Gasteiger partial charge in [0.05, 0.1) is 12.6 Å². The summed E-state index contributed by atoms with van der Waals surface area (Å²) in [5, 5.41) is 8.73. The number of carbonyl (C=O) groups excluding carboxylic acids is 2. The maximum Gasteiger partial charge on any atom is 0.315 e. The number of benzene rings is 1. The first-order valence-electron chi connectivity index (χ1n) is 8.16. The minimum Gasteiger partial charge on any atom is -0.381 e. The summed E-state index contributed by atoms with van der Waals surface area (Å²) in [5.41, 5.74) is 3.04. The zero-order chi connectivity index (χ0) is 16.2. The SMILES string of the molecule is C[C@@H](NC(=O)NC[C@@H]1CCOC1)c1ccc2c(c1)CCC(=O)N2. The number of urea groups is 1. The molecule has 23 heavy (non-hydrogen) atoms. The lowest BCUT2D eigenvalue weighted by Crippen LogP contribution is -2.39. The van der Waals surface area contributed by atoms with Crippen LogP contribution in [-0.2, 0) is 16.0 Å². The van der Waals surface area contributed by atoms with Crippen molar-refractivity contribution in [2.75, 3.05) is 25.1 Å². The van der Waals surface area contributed by atoms with Crippen LogP contribution in [0.25, 0.3) is 0 Å². The van der Waals surface area contributed by atoms with Crippen molar-refractivity contribution in [3.63, 3.8) is 0 Å². The maximum atomic E-state index is 12.0. The molecule has 0 aromatic heterocycles. The zero-order valence-corrected chi connectivity index (χ0v) is 13.4. The van der Waals surface area contributed by atoms with Gasteiger partial charge in [-0.1, -0.05) is 12.1 Å². The molecular weight excluding hydrogens is 294 g/mol. The molecule has 0 radical (unpaired) electrons. The first-order chi connectivity index (χ1) is 11.1. The summed E-state index contributed by atoms with van der Waals surface area (Å²) >= 11 is 0. The quantitative estimate of drug-likeness (QED) is 0.794. The first kappa shape index (κ1) is 15.8. The predicted octanol–water partition coefficient (Wildman–Crippen LogP) is 1.97. The summed E-state index contributed by atoms with van der Waals surface area (Å²) in [6.45, 7) is 4.12. The van der Waals surface area contributed by atoms with Gasteiger partial charge >= 0.3 is 6.03 Å². The Morgan fingerprint density at radius 1 is 1.43 bits per heavy atom. The molecule has 2 atom stereocenters. The Kier molecular flexibility index (Phi) is 4.81. The molecule has 124 valence electrons.